The van der Waals surface area contributed by atoms with Gasteiger partial charge in [-0.05, 0) is 52.2 Å². The van der Waals surface area contributed by atoms with Crippen molar-refractivity contribution in [1.29, 1.82) is 0 Å². The third-order valence-electron chi connectivity index (χ3n) is 5.12. The van der Waals surface area contributed by atoms with Crippen LogP contribution in [-0.4, -0.2) is 17.1 Å². The number of nitrogens with one attached hydrogen (secondary N) is 2. The Morgan fingerprint density at radius 2 is 1.64 bits per heavy atom. The molecule has 0 amide bonds. The van der Waals surface area contributed by atoms with Gasteiger partial charge in [0.25, 0.3) is 0 Å². The zero-order valence-corrected chi connectivity index (χ0v) is 15.0. The number of rotatable bonds is 4. The monoisotopic (exact) mass is 304 g/mol. The molecule has 1 aromatic rings. The van der Waals surface area contributed by atoms with Crippen LogP contribution < -0.4 is 10.4 Å². The highest BCUT2D eigenvalue weighted by Gasteiger charge is 2.45. The van der Waals surface area contributed by atoms with Crippen LogP contribution in [0.15, 0.2) is 24.3 Å². The summed E-state index contributed by atoms with van der Waals surface area (Å²) in [6, 6.07) is 9.58. The van der Waals surface area contributed by atoms with Crippen molar-refractivity contribution in [2.24, 2.45) is 0 Å². The molecule has 0 spiro atoms. The Bertz CT molecular complexity index is 475. The van der Waals surface area contributed by atoms with Crippen LogP contribution in [-0.2, 0) is 6.42 Å². The van der Waals surface area contributed by atoms with Gasteiger partial charge in [0.1, 0.15) is 0 Å². The summed E-state index contributed by atoms with van der Waals surface area (Å²) >= 11 is 0. The highest BCUT2D eigenvalue weighted by Crippen LogP contribution is 2.26. The van der Waals surface area contributed by atoms with Crippen molar-refractivity contribution in [3.05, 3.63) is 40.6 Å². The second kappa shape index (κ2) is 6.31. The van der Waals surface area contributed by atoms with Crippen molar-refractivity contribution in [3.63, 3.8) is 0 Å². The van der Waals surface area contributed by atoms with Crippen LogP contribution in [0.4, 0.5) is 0 Å². The maximum Gasteiger partial charge on any atom is 0.0936 e. The molecule has 0 radical (unpaired) electrons. The summed E-state index contributed by atoms with van der Waals surface area (Å²) in [5, 5.41) is 16.7. The van der Waals surface area contributed by atoms with Crippen molar-refractivity contribution in [1.82, 2.24) is 5.32 Å². The molecule has 0 bridgehead atoms. The third-order valence-corrected chi connectivity index (χ3v) is 5.12. The van der Waals surface area contributed by atoms with E-state index < -0.39 is 0 Å². The summed E-state index contributed by atoms with van der Waals surface area (Å²) in [5.74, 6) is 0. The number of hydrogen-bond acceptors (Lipinski definition) is 2. The predicted octanol–water partition coefficient (Wildman–Crippen LogP) is 3.00. The van der Waals surface area contributed by atoms with Crippen LogP contribution >= 0.6 is 0 Å². The molecule has 3 nitrogen and oxygen atoms in total. The fraction of sp³-hybridized carbons (Fsp3) is 0.684. The van der Waals surface area contributed by atoms with Gasteiger partial charge in [-0.15, -0.1) is 0 Å². The molecular formula is C19H32N2O. The number of piperidine rings is 1. The molecule has 1 unspecified atom stereocenters. The van der Waals surface area contributed by atoms with E-state index in [9.17, 15) is 5.21 Å². The fourth-order valence-corrected chi connectivity index (χ4v) is 4.02. The van der Waals surface area contributed by atoms with Gasteiger partial charge >= 0.3 is 0 Å². The summed E-state index contributed by atoms with van der Waals surface area (Å²) in [6.07, 6.45) is 2.93. The summed E-state index contributed by atoms with van der Waals surface area (Å²) in [4.78, 5) is 0. The van der Waals surface area contributed by atoms with E-state index in [-0.39, 0.29) is 11.1 Å². The lowest BCUT2D eigenvalue weighted by molar-refractivity contribution is -0.955. The molecule has 1 aliphatic rings. The molecule has 1 heterocycles. The molecule has 1 aliphatic heterocycles. The van der Waals surface area contributed by atoms with E-state index >= 15 is 0 Å². The lowest BCUT2D eigenvalue weighted by atomic mass is 9.78. The van der Waals surface area contributed by atoms with Gasteiger partial charge in [0.2, 0.25) is 0 Å². The highest BCUT2D eigenvalue weighted by atomic mass is 16.5. The minimum absolute atomic E-state index is 0.231. The van der Waals surface area contributed by atoms with Crippen molar-refractivity contribution in [2.45, 2.75) is 84.0 Å². The van der Waals surface area contributed by atoms with Crippen LogP contribution in [0.1, 0.15) is 71.6 Å². The Hall–Kier alpha value is -0.900. The molecule has 1 atom stereocenters. The van der Waals surface area contributed by atoms with E-state index in [4.69, 9.17) is 0 Å². The van der Waals surface area contributed by atoms with Gasteiger partial charge < -0.3 is 15.6 Å². The van der Waals surface area contributed by atoms with E-state index in [2.05, 4.69) is 71.1 Å². The maximum absolute atomic E-state index is 12.5. The first-order valence-corrected chi connectivity index (χ1v) is 8.55. The second-order valence-corrected chi connectivity index (χ2v) is 8.19. The van der Waals surface area contributed by atoms with Crippen molar-refractivity contribution in [3.8, 4) is 0 Å². The van der Waals surface area contributed by atoms with E-state index in [0.29, 0.717) is 17.1 Å². The van der Waals surface area contributed by atoms with E-state index in [1.54, 1.807) is 0 Å². The summed E-state index contributed by atoms with van der Waals surface area (Å²) in [6.45, 7) is 12.8. The van der Waals surface area contributed by atoms with Gasteiger partial charge in [-0.25, -0.2) is 0 Å². The fourth-order valence-electron chi connectivity index (χ4n) is 4.02. The molecular weight excluding hydrogens is 272 g/mol. The van der Waals surface area contributed by atoms with Gasteiger partial charge in [-0.1, -0.05) is 31.2 Å². The Kier molecular flexibility index (Phi) is 5.00. The van der Waals surface area contributed by atoms with Crippen LogP contribution in [0.25, 0.3) is 0 Å². The van der Waals surface area contributed by atoms with Crippen molar-refractivity contribution < 1.29 is 5.06 Å². The Labute approximate surface area is 135 Å². The van der Waals surface area contributed by atoms with Gasteiger partial charge in [0.15, 0.2) is 0 Å². The van der Waals surface area contributed by atoms with E-state index in [1.807, 2.05) is 0 Å². The van der Waals surface area contributed by atoms with Crippen LogP contribution in [0.2, 0.25) is 0 Å². The van der Waals surface area contributed by atoms with E-state index in [1.165, 1.54) is 11.1 Å². The topological polar surface area (TPSA) is 39.5 Å². The summed E-state index contributed by atoms with van der Waals surface area (Å²) < 4.78 is 0. The molecule has 22 heavy (non-hydrogen) atoms. The smallest absolute Gasteiger partial charge is 0.0936 e. The minimum atomic E-state index is -0.231. The molecule has 3 heteroatoms. The SMILES string of the molecule is CCc1ccc(C(C)NC2CC(C)(C)[NH+]([O-])C(C)(C)C2)cc1. The largest absolute Gasteiger partial charge is 0.634 e. The standard InChI is InChI=1S/C19H32N2O/c1-7-15-8-10-16(11-9-15)14(2)20-17-12-18(3,4)21(22)19(5,6)13-17/h8-11,14,17,20-21H,7,12-13H2,1-6H3. The molecule has 0 saturated carbocycles. The summed E-state index contributed by atoms with van der Waals surface area (Å²) in [7, 11) is 0. The Balaban J connectivity index is 2.06. The van der Waals surface area contributed by atoms with Gasteiger partial charge in [0.05, 0.1) is 11.1 Å². The van der Waals surface area contributed by atoms with Crippen LogP contribution in [0, 0.1) is 5.21 Å². The minimum Gasteiger partial charge on any atom is -0.634 e. The van der Waals surface area contributed by atoms with Gasteiger partial charge in [0, 0.05) is 24.9 Å². The molecule has 2 rings (SSSR count). The lowest BCUT2D eigenvalue weighted by Gasteiger charge is -2.55. The third kappa shape index (κ3) is 3.70. The number of quaternary nitrogens is 1. The van der Waals surface area contributed by atoms with Crippen LogP contribution in [0.3, 0.4) is 0 Å². The molecule has 2 N–H and O–H groups in total. The first-order chi connectivity index (χ1) is 10.2. The molecule has 0 aliphatic carbocycles. The average Bonchev–Trinajstić information content (AvgIpc) is 2.44. The van der Waals surface area contributed by atoms with Crippen molar-refractivity contribution >= 4 is 0 Å². The lowest BCUT2D eigenvalue weighted by Crippen LogP contribution is -3.23. The first-order valence-electron chi connectivity index (χ1n) is 8.55. The van der Waals surface area contributed by atoms with Gasteiger partial charge in [-0.2, -0.15) is 0 Å². The Morgan fingerprint density at radius 3 is 2.09 bits per heavy atom. The van der Waals surface area contributed by atoms with Crippen LogP contribution in [0.5, 0.6) is 0 Å². The molecule has 0 aromatic heterocycles. The van der Waals surface area contributed by atoms with Crippen molar-refractivity contribution in [2.75, 3.05) is 0 Å². The molecule has 1 fully saturated rings. The number of hydroxylamine groups is 2. The molecule has 1 saturated heterocycles. The summed E-state index contributed by atoms with van der Waals surface area (Å²) in [5.41, 5.74) is 2.24. The number of benzene rings is 1. The molecule has 1 aromatic carbocycles. The first kappa shape index (κ1) is 17.5. The predicted molar refractivity (Wildman–Crippen MR) is 92.9 cm³/mol. The zero-order chi connectivity index (χ0) is 16.5. The normalized spacial score (nSPS) is 28.3. The highest BCUT2D eigenvalue weighted by molar-refractivity contribution is 5.24. The second-order valence-electron chi connectivity index (χ2n) is 8.19. The van der Waals surface area contributed by atoms with E-state index in [0.717, 1.165) is 19.3 Å². The van der Waals surface area contributed by atoms with Gasteiger partial charge in [-0.3, -0.25) is 0 Å². The quantitative estimate of drug-likeness (QED) is 0.839. The Morgan fingerprint density at radius 1 is 1.14 bits per heavy atom. The zero-order valence-electron chi connectivity index (χ0n) is 15.0. The maximum atomic E-state index is 12.5. The number of aryl methyl sites for hydroxylation is 1. The molecule has 124 valence electrons. The average molecular weight is 304 g/mol. The number of hydrogen-bond donors (Lipinski definition) is 2.